The molecule has 1 saturated carbocycles. The van der Waals surface area contributed by atoms with Gasteiger partial charge in [0, 0.05) is 31.1 Å². The van der Waals surface area contributed by atoms with Gasteiger partial charge in [0.25, 0.3) is 5.92 Å². The first-order valence-electron chi connectivity index (χ1n) is 7.02. The third-order valence-electron chi connectivity index (χ3n) is 4.12. The molecule has 2 fully saturated rings. The van der Waals surface area contributed by atoms with Crippen LogP contribution in [0.1, 0.15) is 12.8 Å². The van der Waals surface area contributed by atoms with Gasteiger partial charge in [-0.3, -0.25) is 9.69 Å². The van der Waals surface area contributed by atoms with Gasteiger partial charge in [0.2, 0.25) is 5.91 Å². The Bertz CT molecular complexity index is 492. The molecule has 1 aromatic rings. The highest BCUT2D eigenvalue weighted by Crippen LogP contribution is 2.50. The third-order valence-corrected chi connectivity index (χ3v) is 4.12. The summed E-state index contributed by atoms with van der Waals surface area (Å²) in [6.45, 7) is 2.30. The summed E-state index contributed by atoms with van der Waals surface area (Å²) < 4.78 is 25.6. The quantitative estimate of drug-likeness (QED) is 0.845. The van der Waals surface area contributed by atoms with Gasteiger partial charge in [0.1, 0.15) is 0 Å². The molecule has 1 aromatic carbocycles. The highest BCUT2D eigenvalue weighted by Gasteiger charge is 2.56. The molecule has 108 valence electrons. The summed E-state index contributed by atoms with van der Waals surface area (Å²) in [5.41, 5.74) is 0.908. The van der Waals surface area contributed by atoms with E-state index in [1.807, 2.05) is 35.2 Å². The van der Waals surface area contributed by atoms with Crippen LogP contribution >= 0.6 is 0 Å². The Kier molecular flexibility index (Phi) is 3.46. The molecule has 0 radical (unpaired) electrons. The molecule has 3 rings (SSSR count). The van der Waals surface area contributed by atoms with Crippen LogP contribution < -0.4 is 4.90 Å². The lowest BCUT2D eigenvalue weighted by Gasteiger charge is -2.34. The first kappa shape index (κ1) is 13.5. The molecule has 2 aliphatic rings. The van der Waals surface area contributed by atoms with Crippen molar-refractivity contribution in [1.82, 2.24) is 4.90 Å². The molecule has 1 atom stereocenters. The second-order valence-electron chi connectivity index (χ2n) is 5.61. The molecule has 0 bridgehead atoms. The molecular formula is C15H18F2N2O. The molecule has 0 spiro atoms. The molecular weight excluding hydrogens is 262 g/mol. The van der Waals surface area contributed by atoms with Crippen LogP contribution in [0.25, 0.3) is 0 Å². The van der Waals surface area contributed by atoms with Crippen molar-refractivity contribution < 1.29 is 13.6 Å². The number of piperazine rings is 1. The number of halogens is 2. The van der Waals surface area contributed by atoms with E-state index in [1.165, 1.54) is 0 Å². The molecule has 0 N–H and O–H groups in total. The Hall–Kier alpha value is -1.49. The number of carbonyl (C=O) groups excluding carboxylic acids is 1. The molecule has 1 saturated heterocycles. The van der Waals surface area contributed by atoms with Crippen LogP contribution in [-0.2, 0) is 4.79 Å². The zero-order chi connectivity index (χ0) is 14.2. The minimum atomic E-state index is -2.45. The van der Waals surface area contributed by atoms with E-state index in [0.717, 1.165) is 12.2 Å². The van der Waals surface area contributed by atoms with Crippen LogP contribution in [0.4, 0.5) is 14.5 Å². The van der Waals surface area contributed by atoms with Gasteiger partial charge in [-0.1, -0.05) is 18.2 Å². The average Bonchev–Trinajstić information content (AvgIpc) is 3.05. The first-order chi connectivity index (χ1) is 9.56. The van der Waals surface area contributed by atoms with Gasteiger partial charge in [0.15, 0.2) is 0 Å². The summed E-state index contributed by atoms with van der Waals surface area (Å²) in [4.78, 5) is 15.9. The smallest absolute Gasteiger partial charge is 0.251 e. The number of hydrogen-bond donors (Lipinski definition) is 0. The Morgan fingerprint density at radius 3 is 2.50 bits per heavy atom. The Morgan fingerprint density at radius 1 is 1.20 bits per heavy atom. The van der Waals surface area contributed by atoms with Gasteiger partial charge in [-0.2, -0.15) is 0 Å². The number of anilines is 1. The summed E-state index contributed by atoms with van der Waals surface area (Å²) in [6, 6.07) is 9.56. The van der Waals surface area contributed by atoms with E-state index in [-0.39, 0.29) is 12.3 Å². The van der Waals surface area contributed by atoms with E-state index in [0.29, 0.717) is 26.1 Å². The maximum Gasteiger partial charge on any atom is 0.251 e. The lowest BCUT2D eigenvalue weighted by atomic mass is 10.2. The van der Waals surface area contributed by atoms with Gasteiger partial charge in [-0.25, -0.2) is 8.78 Å². The number of hydrogen-bond acceptors (Lipinski definition) is 2. The maximum atomic E-state index is 12.8. The summed E-state index contributed by atoms with van der Waals surface area (Å²) >= 11 is 0. The lowest BCUT2D eigenvalue weighted by Crippen LogP contribution is -2.50. The zero-order valence-electron chi connectivity index (χ0n) is 11.3. The van der Waals surface area contributed by atoms with E-state index in [2.05, 4.69) is 0 Å². The number of rotatable bonds is 4. The molecule has 0 aromatic heterocycles. The fourth-order valence-corrected chi connectivity index (χ4v) is 2.71. The SMILES string of the molecule is O=C1CN(CCC2CC2(F)F)CCN1c1ccccc1. The largest absolute Gasteiger partial charge is 0.310 e. The maximum absolute atomic E-state index is 12.8. The molecule has 3 nitrogen and oxygen atoms in total. The van der Waals surface area contributed by atoms with E-state index in [1.54, 1.807) is 4.90 Å². The normalized spacial score (nSPS) is 25.8. The second kappa shape index (κ2) is 5.13. The predicted octanol–water partition coefficient (Wildman–Crippen LogP) is 2.38. The van der Waals surface area contributed by atoms with Crippen LogP contribution in [0, 0.1) is 5.92 Å². The lowest BCUT2D eigenvalue weighted by molar-refractivity contribution is -0.121. The summed E-state index contributed by atoms with van der Waals surface area (Å²) in [5.74, 6) is -2.87. The first-order valence-corrected chi connectivity index (χ1v) is 7.02. The van der Waals surface area contributed by atoms with Crippen molar-refractivity contribution in [3.05, 3.63) is 30.3 Å². The number of carbonyl (C=O) groups is 1. The van der Waals surface area contributed by atoms with E-state index in [9.17, 15) is 13.6 Å². The van der Waals surface area contributed by atoms with Crippen molar-refractivity contribution in [3.63, 3.8) is 0 Å². The van der Waals surface area contributed by atoms with Crippen molar-refractivity contribution in [2.24, 2.45) is 5.92 Å². The molecule has 20 heavy (non-hydrogen) atoms. The number of nitrogens with zero attached hydrogens (tertiary/aromatic N) is 2. The number of amides is 1. The van der Waals surface area contributed by atoms with Crippen LogP contribution in [0.3, 0.4) is 0 Å². The van der Waals surface area contributed by atoms with Crippen LogP contribution in [-0.4, -0.2) is 42.9 Å². The van der Waals surface area contributed by atoms with Gasteiger partial charge in [-0.15, -0.1) is 0 Å². The highest BCUT2D eigenvalue weighted by molar-refractivity contribution is 5.95. The number of benzene rings is 1. The fraction of sp³-hybridized carbons (Fsp3) is 0.533. The van der Waals surface area contributed by atoms with Crippen molar-refractivity contribution in [1.29, 1.82) is 0 Å². The Labute approximate surface area is 117 Å². The topological polar surface area (TPSA) is 23.6 Å². The molecule has 1 aliphatic carbocycles. The fourth-order valence-electron chi connectivity index (χ4n) is 2.71. The van der Waals surface area contributed by atoms with Gasteiger partial charge in [0.05, 0.1) is 6.54 Å². The summed E-state index contributed by atoms with van der Waals surface area (Å²) in [5, 5.41) is 0. The predicted molar refractivity (Wildman–Crippen MR) is 72.9 cm³/mol. The average molecular weight is 280 g/mol. The van der Waals surface area contributed by atoms with E-state index in [4.69, 9.17) is 0 Å². The van der Waals surface area contributed by atoms with E-state index >= 15 is 0 Å². The molecule has 5 heteroatoms. The Balaban J connectivity index is 1.51. The van der Waals surface area contributed by atoms with Gasteiger partial charge < -0.3 is 4.90 Å². The van der Waals surface area contributed by atoms with Crippen molar-refractivity contribution in [2.75, 3.05) is 31.1 Å². The third kappa shape index (κ3) is 2.82. The van der Waals surface area contributed by atoms with Gasteiger partial charge >= 0.3 is 0 Å². The zero-order valence-corrected chi connectivity index (χ0v) is 11.3. The Morgan fingerprint density at radius 2 is 1.90 bits per heavy atom. The van der Waals surface area contributed by atoms with Gasteiger partial charge in [-0.05, 0) is 25.1 Å². The number of alkyl halides is 2. The summed E-state index contributed by atoms with van der Waals surface area (Å²) in [6.07, 6.45) is 0.510. The summed E-state index contributed by atoms with van der Waals surface area (Å²) in [7, 11) is 0. The number of para-hydroxylation sites is 1. The van der Waals surface area contributed by atoms with E-state index < -0.39 is 11.8 Å². The monoisotopic (exact) mass is 280 g/mol. The van der Waals surface area contributed by atoms with Crippen molar-refractivity contribution in [3.8, 4) is 0 Å². The molecule has 1 unspecified atom stereocenters. The minimum Gasteiger partial charge on any atom is -0.310 e. The van der Waals surface area contributed by atoms with Crippen LogP contribution in [0.2, 0.25) is 0 Å². The molecule has 1 amide bonds. The molecule has 1 aliphatic heterocycles. The van der Waals surface area contributed by atoms with Crippen molar-refractivity contribution in [2.45, 2.75) is 18.8 Å². The van der Waals surface area contributed by atoms with Crippen molar-refractivity contribution >= 4 is 11.6 Å². The minimum absolute atomic E-state index is 0.0188. The van der Waals surface area contributed by atoms with Crippen LogP contribution in [0.5, 0.6) is 0 Å². The highest BCUT2D eigenvalue weighted by atomic mass is 19.3. The standard InChI is InChI=1S/C15H18F2N2O/c16-15(17)10-12(15)6-7-18-8-9-19(14(20)11-18)13-4-2-1-3-5-13/h1-5,12H,6-11H2. The second-order valence-corrected chi connectivity index (χ2v) is 5.61. The van der Waals surface area contributed by atoms with Crippen LogP contribution in [0.15, 0.2) is 30.3 Å². The molecule has 1 heterocycles.